The second-order valence-electron chi connectivity index (χ2n) is 4.90. The van der Waals surface area contributed by atoms with Gasteiger partial charge in [-0.3, -0.25) is 0 Å². The van der Waals surface area contributed by atoms with Gasteiger partial charge in [0.05, 0.1) is 19.3 Å². The topological polar surface area (TPSA) is 56.5 Å². The Morgan fingerprint density at radius 3 is 2.61 bits per heavy atom. The zero-order valence-corrected chi connectivity index (χ0v) is 11.1. The molecule has 0 spiro atoms. The molecule has 1 aromatic carbocycles. The Balaban J connectivity index is 1.99. The molecule has 2 unspecified atom stereocenters. The molecule has 4 heteroatoms. The molecular weight excluding hydrogens is 228 g/mol. The summed E-state index contributed by atoms with van der Waals surface area (Å²) in [6.07, 6.45) is 0.193. The maximum Gasteiger partial charge on any atom is 0.119 e. The van der Waals surface area contributed by atoms with Crippen molar-refractivity contribution in [1.82, 2.24) is 5.32 Å². The molecule has 3 N–H and O–H groups in total. The van der Waals surface area contributed by atoms with E-state index in [-0.39, 0.29) is 18.2 Å². The minimum absolute atomic E-state index is 0.0431. The molecule has 1 fully saturated rings. The van der Waals surface area contributed by atoms with E-state index in [1.807, 2.05) is 38.1 Å². The number of hydrogen-bond donors (Lipinski definition) is 2. The smallest absolute Gasteiger partial charge is 0.119 e. The summed E-state index contributed by atoms with van der Waals surface area (Å²) in [6, 6.07) is 8.14. The monoisotopic (exact) mass is 250 g/mol. The van der Waals surface area contributed by atoms with Crippen LogP contribution in [-0.4, -0.2) is 31.9 Å². The summed E-state index contributed by atoms with van der Waals surface area (Å²) in [7, 11) is 0. The lowest BCUT2D eigenvalue weighted by atomic mass is 10.00. The van der Waals surface area contributed by atoms with Gasteiger partial charge in [-0.1, -0.05) is 12.1 Å². The highest BCUT2D eigenvalue weighted by molar-refractivity contribution is 5.30. The number of hydrogen-bond acceptors (Lipinski definition) is 4. The molecule has 1 heterocycles. The quantitative estimate of drug-likeness (QED) is 0.849. The number of rotatable bonds is 4. The van der Waals surface area contributed by atoms with Crippen molar-refractivity contribution in [2.75, 3.05) is 19.8 Å². The molecule has 0 aliphatic carbocycles. The standard InChI is InChI=1S/C14H22N2O2/c1-10(2)18-12-5-3-11(4-6-12)14(15)13-9-17-8-7-16-13/h3-6,10,13-14,16H,7-9,15H2,1-2H3. The fourth-order valence-electron chi connectivity index (χ4n) is 2.09. The summed E-state index contributed by atoms with van der Waals surface area (Å²) in [5.41, 5.74) is 7.34. The fourth-order valence-corrected chi connectivity index (χ4v) is 2.09. The molecule has 2 atom stereocenters. The number of nitrogens with two attached hydrogens (primary N) is 1. The lowest BCUT2D eigenvalue weighted by molar-refractivity contribution is 0.0685. The minimum Gasteiger partial charge on any atom is -0.491 e. The summed E-state index contributed by atoms with van der Waals surface area (Å²) in [5, 5.41) is 3.38. The molecule has 0 bridgehead atoms. The van der Waals surface area contributed by atoms with E-state index in [9.17, 15) is 0 Å². The lowest BCUT2D eigenvalue weighted by Gasteiger charge is -2.29. The van der Waals surface area contributed by atoms with Crippen molar-refractivity contribution in [3.05, 3.63) is 29.8 Å². The maximum atomic E-state index is 6.24. The van der Waals surface area contributed by atoms with Crippen molar-refractivity contribution >= 4 is 0 Å². The highest BCUT2D eigenvalue weighted by atomic mass is 16.5. The summed E-state index contributed by atoms with van der Waals surface area (Å²) in [4.78, 5) is 0. The van der Waals surface area contributed by atoms with Gasteiger partial charge in [-0.2, -0.15) is 0 Å². The lowest BCUT2D eigenvalue weighted by Crippen LogP contribution is -2.47. The Labute approximate surface area is 108 Å². The SMILES string of the molecule is CC(C)Oc1ccc(C(N)C2COCCN2)cc1. The van der Waals surface area contributed by atoms with Crippen LogP contribution in [0.25, 0.3) is 0 Å². The Morgan fingerprint density at radius 1 is 1.33 bits per heavy atom. The molecule has 0 aromatic heterocycles. The van der Waals surface area contributed by atoms with Crippen LogP contribution in [0, 0.1) is 0 Å². The van der Waals surface area contributed by atoms with E-state index in [1.165, 1.54) is 0 Å². The van der Waals surface area contributed by atoms with E-state index in [0.717, 1.165) is 24.5 Å². The van der Waals surface area contributed by atoms with Crippen LogP contribution in [0.1, 0.15) is 25.5 Å². The Kier molecular flexibility index (Phi) is 4.58. The zero-order chi connectivity index (χ0) is 13.0. The van der Waals surface area contributed by atoms with Gasteiger partial charge in [0.15, 0.2) is 0 Å². The average Bonchev–Trinajstić information content (AvgIpc) is 2.39. The van der Waals surface area contributed by atoms with Gasteiger partial charge in [0.25, 0.3) is 0 Å². The second-order valence-corrected chi connectivity index (χ2v) is 4.90. The Morgan fingerprint density at radius 2 is 2.06 bits per heavy atom. The highest BCUT2D eigenvalue weighted by Gasteiger charge is 2.21. The van der Waals surface area contributed by atoms with E-state index in [0.29, 0.717) is 6.61 Å². The van der Waals surface area contributed by atoms with Crippen LogP contribution in [0.15, 0.2) is 24.3 Å². The van der Waals surface area contributed by atoms with E-state index < -0.39 is 0 Å². The molecule has 0 amide bonds. The van der Waals surface area contributed by atoms with E-state index in [4.69, 9.17) is 15.2 Å². The van der Waals surface area contributed by atoms with E-state index in [2.05, 4.69) is 5.32 Å². The van der Waals surface area contributed by atoms with Gasteiger partial charge in [0.2, 0.25) is 0 Å². The average molecular weight is 250 g/mol. The van der Waals surface area contributed by atoms with Gasteiger partial charge in [0, 0.05) is 18.6 Å². The molecule has 0 saturated carbocycles. The summed E-state index contributed by atoms with van der Waals surface area (Å²) in [6.45, 7) is 6.34. The molecule has 0 radical (unpaired) electrons. The minimum atomic E-state index is -0.0431. The third kappa shape index (κ3) is 3.45. The molecule has 2 rings (SSSR count). The molecule has 1 aliphatic rings. The first kappa shape index (κ1) is 13.3. The molecule has 1 aliphatic heterocycles. The van der Waals surface area contributed by atoms with Gasteiger partial charge >= 0.3 is 0 Å². The number of benzene rings is 1. The van der Waals surface area contributed by atoms with Crippen molar-refractivity contribution in [3.8, 4) is 5.75 Å². The van der Waals surface area contributed by atoms with E-state index >= 15 is 0 Å². The first-order chi connectivity index (χ1) is 8.66. The van der Waals surface area contributed by atoms with Crippen molar-refractivity contribution in [2.45, 2.75) is 32.0 Å². The van der Waals surface area contributed by atoms with Gasteiger partial charge < -0.3 is 20.5 Å². The van der Waals surface area contributed by atoms with Crippen molar-refractivity contribution < 1.29 is 9.47 Å². The molecule has 100 valence electrons. The zero-order valence-electron chi connectivity index (χ0n) is 11.1. The molecule has 18 heavy (non-hydrogen) atoms. The Hall–Kier alpha value is -1.10. The van der Waals surface area contributed by atoms with Crippen LogP contribution >= 0.6 is 0 Å². The number of morpholine rings is 1. The van der Waals surface area contributed by atoms with E-state index in [1.54, 1.807) is 0 Å². The molecular formula is C14H22N2O2. The van der Waals surface area contributed by atoms with Crippen LogP contribution in [0.5, 0.6) is 5.75 Å². The number of nitrogens with one attached hydrogen (secondary N) is 1. The van der Waals surface area contributed by atoms with Crippen molar-refractivity contribution in [2.24, 2.45) is 5.73 Å². The molecule has 1 aromatic rings. The summed E-state index contributed by atoms with van der Waals surface area (Å²) in [5.74, 6) is 0.883. The predicted molar refractivity (Wildman–Crippen MR) is 71.7 cm³/mol. The Bertz CT molecular complexity index is 359. The number of ether oxygens (including phenoxy) is 2. The molecule has 4 nitrogen and oxygen atoms in total. The van der Waals surface area contributed by atoms with Crippen molar-refractivity contribution in [1.29, 1.82) is 0 Å². The van der Waals surface area contributed by atoms with Crippen LogP contribution < -0.4 is 15.8 Å². The summed E-state index contributed by atoms with van der Waals surface area (Å²) < 4.78 is 11.0. The second kappa shape index (κ2) is 6.18. The molecule has 1 saturated heterocycles. The first-order valence-electron chi connectivity index (χ1n) is 6.50. The predicted octanol–water partition coefficient (Wildman–Crippen LogP) is 1.46. The van der Waals surface area contributed by atoms with Gasteiger partial charge in [0.1, 0.15) is 5.75 Å². The fraction of sp³-hybridized carbons (Fsp3) is 0.571. The third-order valence-electron chi connectivity index (χ3n) is 3.02. The van der Waals surface area contributed by atoms with Gasteiger partial charge in [-0.25, -0.2) is 0 Å². The normalized spacial score (nSPS) is 21.9. The van der Waals surface area contributed by atoms with Crippen molar-refractivity contribution in [3.63, 3.8) is 0 Å². The largest absolute Gasteiger partial charge is 0.491 e. The van der Waals surface area contributed by atoms with Gasteiger partial charge in [-0.05, 0) is 31.5 Å². The van der Waals surface area contributed by atoms with Gasteiger partial charge in [-0.15, -0.1) is 0 Å². The highest BCUT2D eigenvalue weighted by Crippen LogP contribution is 2.20. The first-order valence-corrected chi connectivity index (χ1v) is 6.50. The summed E-state index contributed by atoms with van der Waals surface area (Å²) >= 11 is 0. The maximum absolute atomic E-state index is 6.24. The van der Waals surface area contributed by atoms with Crippen LogP contribution in [0.4, 0.5) is 0 Å². The van der Waals surface area contributed by atoms with Crippen LogP contribution in [-0.2, 0) is 4.74 Å². The van der Waals surface area contributed by atoms with Crippen LogP contribution in [0.2, 0.25) is 0 Å². The third-order valence-corrected chi connectivity index (χ3v) is 3.02. The van der Waals surface area contributed by atoms with Crippen LogP contribution in [0.3, 0.4) is 0 Å².